The van der Waals surface area contributed by atoms with Crippen LogP contribution in [-0.2, 0) is 9.47 Å². The number of benzene rings is 1. The van der Waals surface area contributed by atoms with Crippen molar-refractivity contribution in [3.63, 3.8) is 0 Å². The van der Waals surface area contributed by atoms with Gasteiger partial charge in [-0.15, -0.1) is 0 Å². The first kappa shape index (κ1) is 16.2. The molecule has 0 fully saturated rings. The highest BCUT2D eigenvalue weighted by Crippen LogP contribution is 2.17. The van der Waals surface area contributed by atoms with Crippen LogP contribution in [0.1, 0.15) is 38.7 Å². The highest BCUT2D eigenvalue weighted by Gasteiger charge is 2.08. The van der Waals surface area contributed by atoms with Gasteiger partial charge in [0.1, 0.15) is 0 Å². The van der Waals surface area contributed by atoms with Gasteiger partial charge >= 0.3 is 0 Å². The van der Waals surface area contributed by atoms with Crippen molar-refractivity contribution in [2.45, 2.75) is 39.4 Å². The Kier molecular flexibility index (Phi) is 8.47. The van der Waals surface area contributed by atoms with Gasteiger partial charge in [0.2, 0.25) is 0 Å². The molecule has 0 amide bonds. The second kappa shape index (κ2) is 9.96. The van der Waals surface area contributed by atoms with E-state index in [0.717, 1.165) is 19.5 Å². The molecule has 1 N–H and O–H groups in total. The van der Waals surface area contributed by atoms with E-state index >= 15 is 0 Å². The van der Waals surface area contributed by atoms with E-state index in [1.54, 1.807) is 0 Å². The Morgan fingerprint density at radius 2 is 1.68 bits per heavy atom. The van der Waals surface area contributed by atoms with Gasteiger partial charge < -0.3 is 14.8 Å². The number of hydrogen-bond acceptors (Lipinski definition) is 3. The molecule has 0 bridgehead atoms. The van der Waals surface area contributed by atoms with Gasteiger partial charge in [-0.3, -0.25) is 0 Å². The van der Waals surface area contributed by atoms with E-state index in [1.165, 1.54) is 5.56 Å². The van der Waals surface area contributed by atoms with E-state index in [1.807, 2.05) is 13.8 Å². The third kappa shape index (κ3) is 6.71. The fourth-order valence-corrected chi connectivity index (χ4v) is 2.02. The van der Waals surface area contributed by atoms with Gasteiger partial charge in [0.05, 0.1) is 0 Å². The van der Waals surface area contributed by atoms with Crippen molar-refractivity contribution < 1.29 is 9.47 Å². The van der Waals surface area contributed by atoms with Crippen molar-refractivity contribution in [1.82, 2.24) is 5.32 Å². The monoisotopic (exact) mass is 265 g/mol. The molecule has 1 unspecified atom stereocenters. The lowest BCUT2D eigenvalue weighted by Crippen LogP contribution is -2.32. The van der Waals surface area contributed by atoms with Gasteiger partial charge in [0, 0.05) is 19.8 Å². The minimum absolute atomic E-state index is 0.123. The molecule has 0 heterocycles. The van der Waals surface area contributed by atoms with Crippen molar-refractivity contribution in [2.24, 2.45) is 0 Å². The molecule has 0 radical (unpaired) electrons. The third-order valence-electron chi connectivity index (χ3n) is 3.14. The van der Waals surface area contributed by atoms with Crippen molar-refractivity contribution in [3.8, 4) is 0 Å². The predicted molar refractivity (Wildman–Crippen MR) is 79.4 cm³/mol. The summed E-state index contributed by atoms with van der Waals surface area (Å²) in [7, 11) is 0. The summed E-state index contributed by atoms with van der Waals surface area (Å²) in [5.74, 6) is 0.575. The van der Waals surface area contributed by atoms with Crippen molar-refractivity contribution in [3.05, 3.63) is 35.9 Å². The zero-order valence-corrected chi connectivity index (χ0v) is 12.4. The molecular weight excluding hydrogens is 238 g/mol. The average molecular weight is 265 g/mol. The minimum atomic E-state index is -0.123. The number of ether oxygens (including phenoxy) is 2. The Balaban J connectivity index is 2.19. The van der Waals surface area contributed by atoms with Crippen LogP contribution in [0.15, 0.2) is 30.3 Å². The van der Waals surface area contributed by atoms with Crippen LogP contribution in [0.25, 0.3) is 0 Å². The van der Waals surface area contributed by atoms with Gasteiger partial charge in [-0.05, 0) is 38.3 Å². The Hall–Kier alpha value is -0.900. The highest BCUT2D eigenvalue weighted by atomic mass is 16.7. The third-order valence-corrected chi connectivity index (χ3v) is 3.14. The topological polar surface area (TPSA) is 30.5 Å². The Bertz CT molecular complexity index is 310. The van der Waals surface area contributed by atoms with Crippen LogP contribution in [0.2, 0.25) is 0 Å². The summed E-state index contributed by atoms with van der Waals surface area (Å²) < 4.78 is 11.0. The van der Waals surface area contributed by atoms with Crippen LogP contribution >= 0.6 is 0 Å². The van der Waals surface area contributed by atoms with Crippen LogP contribution < -0.4 is 5.32 Å². The second-order valence-corrected chi connectivity index (χ2v) is 4.64. The van der Waals surface area contributed by atoms with Crippen LogP contribution in [0, 0.1) is 0 Å². The van der Waals surface area contributed by atoms with Crippen LogP contribution in [-0.4, -0.2) is 32.6 Å². The van der Waals surface area contributed by atoms with Gasteiger partial charge in [0.25, 0.3) is 0 Å². The van der Waals surface area contributed by atoms with E-state index in [4.69, 9.17) is 9.47 Å². The summed E-state index contributed by atoms with van der Waals surface area (Å²) in [4.78, 5) is 0. The lowest BCUT2D eigenvalue weighted by atomic mass is 9.98. The summed E-state index contributed by atoms with van der Waals surface area (Å²) in [6.07, 6.45) is 0.997. The van der Waals surface area contributed by atoms with E-state index < -0.39 is 0 Å². The molecule has 1 aromatic rings. The molecule has 0 aliphatic carbocycles. The maximum Gasteiger partial charge on any atom is 0.169 e. The zero-order valence-electron chi connectivity index (χ0n) is 12.4. The first-order chi connectivity index (χ1) is 9.27. The van der Waals surface area contributed by atoms with E-state index in [0.29, 0.717) is 19.1 Å². The molecule has 0 aliphatic heterocycles. The summed E-state index contributed by atoms with van der Waals surface area (Å²) in [5, 5.41) is 3.41. The van der Waals surface area contributed by atoms with Crippen LogP contribution in [0.4, 0.5) is 0 Å². The fraction of sp³-hybridized carbons (Fsp3) is 0.625. The zero-order chi connectivity index (χ0) is 13.9. The molecule has 1 atom stereocenters. The molecule has 1 aromatic carbocycles. The number of hydrogen-bond donors (Lipinski definition) is 1. The van der Waals surface area contributed by atoms with Crippen molar-refractivity contribution in [1.29, 1.82) is 0 Å². The summed E-state index contributed by atoms with van der Waals surface area (Å²) in [5.41, 5.74) is 1.40. The van der Waals surface area contributed by atoms with Crippen molar-refractivity contribution >= 4 is 0 Å². The van der Waals surface area contributed by atoms with E-state index in [-0.39, 0.29) is 6.29 Å². The smallest absolute Gasteiger partial charge is 0.169 e. The summed E-state index contributed by atoms with van der Waals surface area (Å²) in [6, 6.07) is 10.6. The molecule has 1 rings (SSSR count). The van der Waals surface area contributed by atoms with E-state index in [9.17, 15) is 0 Å². The fourth-order valence-electron chi connectivity index (χ4n) is 2.02. The van der Waals surface area contributed by atoms with Crippen LogP contribution in [0.5, 0.6) is 0 Å². The van der Waals surface area contributed by atoms with Gasteiger partial charge in [-0.25, -0.2) is 0 Å². The molecule has 0 saturated carbocycles. The largest absolute Gasteiger partial charge is 0.352 e. The standard InChI is InChI=1S/C16H27NO2/c1-4-18-16(19-5-2)13-17-12-11-14(3)15-9-7-6-8-10-15/h6-10,14,16-17H,4-5,11-13H2,1-3H3. The summed E-state index contributed by atoms with van der Waals surface area (Å²) >= 11 is 0. The maximum atomic E-state index is 5.49. The Labute approximate surface area is 117 Å². The van der Waals surface area contributed by atoms with E-state index in [2.05, 4.69) is 42.6 Å². The average Bonchev–Trinajstić information content (AvgIpc) is 2.44. The molecule has 108 valence electrons. The second-order valence-electron chi connectivity index (χ2n) is 4.64. The van der Waals surface area contributed by atoms with Crippen LogP contribution in [0.3, 0.4) is 0 Å². The first-order valence-electron chi connectivity index (χ1n) is 7.26. The molecule has 0 saturated heterocycles. The van der Waals surface area contributed by atoms with Gasteiger partial charge in [-0.2, -0.15) is 0 Å². The van der Waals surface area contributed by atoms with Crippen molar-refractivity contribution in [2.75, 3.05) is 26.3 Å². The molecule has 0 spiro atoms. The lowest BCUT2D eigenvalue weighted by molar-refractivity contribution is -0.132. The maximum absolute atomic E-state index is 5.49. The first-order valence-corrected chi connectivity index (χ1v) is 7.26. The summed E-state index contributed by atoms with van der Waals surface area (Å²) in [6.45, 7) is 9.35. The Morgan fingerprint density at radius 3 is 2.26 bits per heavy atom. The van der Waals surface area contributed by atoms with Gasteiger partial charge in [-0.1, -0.05) is 37.3 Å². The quantitative estimate of drug-likeness (QED) is 0.520. The number of rotatable bonds is 10. The molecule has 0 aliphatic rings. The van der Waals surface area contributed by atoms with Gasteiger partial charge in [0.15, 0.2) is 6.29 Å². The lowest BCUT2D eigenvalue weighted by Gasteiger charge is -2.18. The SMILES string of the molecule is CCOC(CNCCC(C)c1ccccc1)OCC. The minimum Gasteiger partial charge on any atom is -0.352 e. The highest BCUT2D eigenvalue weighted by molar-refractivity contribution is 5.18. The molecule has 19 heavy (non-hydrogen) atoms. The molecule has 0 aromatic heterocycles. The normalized spacial score (nSPS) is 12.8. The molecule has 3 heteroatoms. The predicted octanol–water partition coefficient (Wildman–Crippen LogP) is 3.17. The molecular formula is C16H27NO2. The Morgan fingerprint density at radius 1 is 1.05 bits per heavy atom. The molecule has 3 nitrogen and oxygen atoms in total. The number of nitrogens with one attached hydrogen (secondary N) is 1.